The maximum atomic E-state index is 12.9. The second-order valence-electron chi connectivity index (χ2n) is 7.97. The highest BCUT2D eigenvalue weighted by Crippen LogP contribution is 2.34. The molecule has 166 valence electrons. The summed E-state index contributed by atoms with van der Waals surface area (Å²) in [7, 11) is 0. The highest BCUT2D eigenvalue weighted by molar-refractivity contribution is 5.81. The molecule has 2 atom stereocenters. The molecule has 3 rings (SSSR count). The van der Waals surface area contributed by atoms with E-state index in [9.17, 15) is 22.8 Å². The SMILES string of the molecule is CCc1ccc(C2CCC(C(=O)NCc3cccc(C(F)(F)F)c3)CN2C(C)=O)cc1. The molecule has 0 aromatic heterocycles. The van der Waals surface area contributed by atoms with E-state index in [1.54, 1.807) is 11.0 Å². The smallest absolute Gasteiger partial charge is 0.352 e. The molecule has 7 heteroatoms. The minimum absolute atomic E-state index is 0.0151. The molecular formula is C24H27F3N2O2. The molecular weight excluding hydrogens is 405 g/mol. The van der Waals surface area contributed by atoms with Crippen LogP contribution in [0.3, 0.4) is 0 Å². The molecule has 1 aliphatic rings. The number of likely N-dealkylation sites (tertiary alicyclic amines) is 1. The Morgan fingerprint density at radius 3 is 2.39 bits per heavy atom. The number of carbonyl (C=O) groups is 2. The maximum Gasteiger partial charge on any atom is 0.416 e. The van der Waals surface area contributed by atoms with E-state index in [1.807, 2.05) is 12.1 Å². The number of piperidine rings is 1. The largest absolute Gasteiger partial charge is 0.416 e. The zero-order valence-corrected chi connectivity index (χ0v) is 17.7. The molecule has 2 unspecified atom stereocenters. The Bertz CT molecular complexity index is 925. The first-order chi connectivity index (χ1) is 14.7. The van der Waals surface area contributed by atoms with Gasteiger partial charge in [-0.2, -0.15) is 13.2 Å². The summed E-state index contributed by atoms with van der Waals surface area (Å²) in [5.41, 5.74) is 1.92. The van der Waals surface area contributed by atoms with E-state index in [0.717, 1.165) is 24.1 Å². The summed E-state index contributed by atoms with van der Waals surface area (Å²) < 4.78 is 38.6. The van der Waals surface area contributed by atoms with Crippen LogP contribution in [0.15, 0.2) is 48.5 Å². The monoisotopic (exact) mass is 432 g/mol. The standard InChI is InChI=1S/C24H27F3N2O2/c1-3-17-7-9-19(10-8-17)22-12-11-20(15-29(22)16(2)30)23(31)28-14-18-5-4-6-21(13-18)24(25,26)27/h4-10,13,20,22H,3,11-12,14-15H2,1-2H3,(H,28,31). The Kier molecular flexibility index (Phi) is 7.03. The molecule has 1 heterocycles. The summed E-state index contributed by atoms with van der Waals surface area (Å²) in [6, 6.07) is 13.0. The molecule has 2 aromatic carbocycles. The van der Waals surface area contributed by atoms with Crippen molar-refractivity contribution in [2.45, 2.75) is 51.9 Å². The number of hydrogen-bond donors (Lipinski definition) is 1. The molecule has 1 aliphatic heterocycles. The van der Waals surface area contributed by atoms with Gasteiger partial charge in [-0.05, 0) is 48.1 Å². The van der Waals surface area contributed by atoms with E-state index in [4.69, 9.17) is 0 Å². The lowest BCUT2D eigenvalue weighted by atomic mass is 9.88. The molecule has 1 saturated heterocycles. The number of benzene rings is 2. The van der Waals surface area contributed by atoms with E-state index in [2.05, 4.69) is 24.4 Å². The molecule has 31 heavy (non-hydrogen) atoms. The predicted molar refractivity (Wildman–Crippen MR) is 112 cm³/mol. The molecule has 1 fully saturated rings. The van der Waals surface area contributed by atoms with E-state index >= 15 is 0 Å². The predicted octanol–water partition coefficient (Wildman–Crippen LogP) is 4.88. The highest BCUT2D eigenvalue weighted by Gasteiger charge is 2.34. The van der Waals surface area contributed by atoms with Gasteiger partial charge in [-0.3, -0.25) is 9.59 Å². The number of halogens is 3. The Morgan fingerprint density at radius 1 is 1.06 bits per heavy atom. The van der Waals surface area contributed by atoms with Crippen LogP contribution >= 0.6 is 0 Å². The third-order valence-corrected chi connectivity index (χ3v) is 5.85. The Labute approximate surface area is 180 Å². The first-order valence-electron chi connectivity index (χ1n) is 10.5. The van der Waals surface area contributed by atoms with Gasteiger partial charge in [0.05, 0.1) is 17.5 Å². The Morgan fingerprint density at radius 2 is 1.77 bits per heavy atom. The first-order valence-corrected chi connectivity index (χ1v) is 10.5. The molecule has 0 spiro atoms. The number of rotatable bonds is 5. The number of hydrogen-bond acceptors (Lipinski definition) is 2. The third kappa shape index (κ3) is 5.66. The van der Waals surface area contributed by atoms with Gasteiger partial charge in [0.25, 0.3) is 0 Å². The van der Waals surface area contributed by atoms with Crippen LogP contribution in [0.5, 0.6) is 0 Å². The Hall–Kier alpha value is -2.83. The minimum atomic E-state index is -4.42. The van der Waals surface area contributed by atoms with Crippen LogP contribution in [0.1, 0.15) is 55.0 Å². The van der Waals surface area contributed by atoms with E-state index < -0.39 is 11.7 Å². The van der Waals surface area contributed by atoms with Gasteiger partial charge in [0, 0.05) is 20.0 Å². The van der Waals surface area contributed by atoms with Crippen molar-refractivity contribution in [1.29, 1.82) is 0 Å². The highest BCUT2D eigenvalue weighted by atomic mass is 19.4. The van der Waals surface area contributed by atoms with Crippen LogP contribution in [0.2, 0.25) is 0 Å². The van der Waals surface area contributed by atoms with Crippen molar-refractivity contribution >= 4 is 11.8 Å². The Balaban J connectivity index is 1.63. The van der Waals surface area contributed by atoms with Crippen LogP contribution in [0.25, 0.3) is 0 Å². The first kappa shape index (κ1) is 22.8. The summed E-state index contributed by atoms with van der Waals surface area (Å²) in [5, 5.41) is 2.73. The zero-order valence-electron chi connectivity index (χ0n) is 17.7. The van der Waals surface area contributed by atoms with Crippen LogP contribution < -0.4 is 5.32 Å². The summed E-state index contributed by atoms with van der Waals surface area (Å²) >= 11 is 0. The molecule has 0 aliphatic carbocycles. The average molecular weight is 432 g/mol. The van der Waals surface area contributed by atoms with Crippen molar-refractivity contribution in [3.63, 3.8) is 0 Å². The number of aryl methyl sites for hydroxylation is 1. The second kappa shape index (κ2) is 9.54. The van der Waals surface area contributed by atoms with Crippen LogP contribution in [-0.2, 0) is 28.7 Å². The van der Waals surface area contributed by atoms with Crippen LogP contribution in [-0.4, -0.2) is 23.3 Å². The van der Waals surface area contributed by atoms with Gasteiger partial charge in [-0.1, -0.05) is 43.3 Å². The van der Waals surface area contributed by atoms with Crippen molar-refractivity contribution in [2.24, 2.45) is 5.92 Å². The fourth-order valence-electron chi connectivity index (χ4n) is 4.05. The van der Waals surface area contributed by atoms with E-state index in [-0.39, 0.29) is 30.3 Å². The molecule has 2 amide bonds. The maximum absolute atomic E-state index is 12.9. The quantitative estimate of drug-likeness (QED) is 0.732. The van der Waals surface area contributed by atoms with Gasteiger partial charge in [0.2, 0.25) is 11.8 Å². The van der Waals surface area contributed by atoms with Crippen molar-refractivity contribution in [3.8, 4) is 0 Å². The van der Waals surface area contributed by atoms with Crippen molar-refractivity contribution in [1.82, 2.24) is 10.2 Å². The molecule has 0 saturated carbocycles. The topological polar surface area (TPSA) is 49.4 Å². The van der Waals surface area contributed by atoms with Crippen molar-refractivity contribution in [3.05, 3.63) is 70.8 Å². The fourth-order valence-corrected chi connectivity index (χ4v) is 4.05. The van der Waals surface area contributed by atoms with Gasteiger partial charge < -0.3 is 10.2 Å². The van der Waals surface area contributed by atoms with Crippen molar-refractivity contribution in [2.75, 3.05) is 6.54 Å². The molecule has 1 N–H and O–H groups in total. The van der Waals surface area contributed by atoms with E-state index in [1.165, 1.54) is 18.6 Å². The van der Waals surface area contributed by atoms with Crippen LogP contribution in [0, 0.1) is 5.92 Å². The number of alkyl halides is 3. The third-order valence-electron chi connectivity index (χ3n) is 5.85. The van der Waals surface area contributed by atoms with Crippen LogP contribution in [0.4, 0.5) is 13.2 Å². The summed E-state index contributed by atoms with van der Waals surface area (Å²) in [5.74, 6) is -0.732. The van der Waals surface area contributed by atoms with Crippen molar-refractivity contribution < 1.29 is 22.8 Å². The normalized spacial score (nSPS) is 19.2. The number of amides is 2. The summed E-state index contributed by atoms with van der Waals surface area (Å²) in [4.78, 5) is 26.7. The summed E-state index contributed by atoms with van der Waals surface area (Å²) in [6.45, 7) is 3.89. The van der Waals surface area contributed by atoms with Gasteiger partial charge in [0.15, 0.2) is 0 Å². The minimum Gasteiger partial charge on any atom is -0.352 e. The van der Waals surface area contributed by atoms with E-state index in [0.29, 0.717) is 24.9 Å². The zero-order chi connectivity index (χ0) is 22.6. The lowest BCUT2D eigenvalue weighted by molar-refractivity contribution is -0.138. The molecule has 0 radical (unpaired) electrons. The lowest BCUT2D eigenvalue weighted by Crippen LogP contribution is -2.46. The second-order valence-corrected chi connectivity index (χ2v) is 7.97. The fraction of sp³-hybridized carbons (Fsp3) is 0.417. The average Bonchev–Trinajstić information content (AvgIpc) is 2.76. The number of carbonyl (C=O) groups excluding carboxylic acids is 2. The number of nitrogens with one attached hydrogen (secondary N) is 1. The molecule has 4 nitrogen and oxygen atoms in total. The molecule has 2 aromatic rings. The van der Waals surface area contributed by atoms with Gasteiger partial charge in [-0.15, -0.1) is 0 Å². The lowest BCUT2D eigenvalue weighted by Gasteiger charge is -2.39. The summed E-state index contributed by atoms with van der Waals surface area (Å²) in [6.07, 6.45) is -2.21. The van der Waals surface area contributed by atoms with Gasteiger partial charge in [-0.25, -0.2) is 0 Å². The van der Waals surface area contributed by atoms with Gasteiger partial charge >= 0.3 is 6.18 Å². The van der Waals surface area contributed by atoms with Gasteiger partial charge in [0.1, 0.15) is 0 Å². The molecule has 0 bridgehead atoms. The number of nitrogens with zero attached hydrogens (tertiary/aromatic N) is 1.